The molecule has 1 unspecified atom stereocenters. The van der Waals surface area contributed by atoms with Crippen LogP contribution in [-0.4, -0.2) is 50.1 Å². The molecule has 0 spiro atoms. The second-order valence-corrected chi connectivity index (χ2v) is 4.18. The van der Waals surface area contributed by atoms with E-state index in [2.05, 4.69) is 16.9 Å². The molecular weight excluding hydrogens is 178 g/mol. The van der Waals surface area contributed by atoms with E-state index in [0.717, 1.165) is 25.5 Å². The van der Waals surface area contributed by atoms with E-state index in [9.17, 15) is 0 Å². The highest BCUT2D eigenvalue weighted by Crippen LogP contribution is 2.03. The predicted octanol–water partition coefficient (Wildman–Crippen LogP) is 0.330. The number of rotatable bonds is 3. The van der Waals surface area contributed by atoms with E-state index in [4.69, 9.17) is 10.5 Å². The molecule has 1 heterocycles. The van der Waals surface area contributed by atoms with Crippen LogP contribution in [0, 0.1) is 5.92 Å². The number of hydrogen-bond acceptors (Lipinski definition) is 3. The molecule has 14 heavy (non-hydrogen) atoms. The Labute approximate surface area is 86.1 Å². The molecule has 1 aliphatic heterocycles. The maximum atomic E-state index is 5.75. The van der Waals surface area contributed by atoms with Crippen molar-refractivity contribution in [1.29, 1.82) is 0 Å². The number of amidine groups is 1. The summed E-state index contributed by atoms with van der Waals surface area (Å²) in [6.07, 6.45) is 0.214. The monoisotopic (exact) mass is 199 g/mol. The Hall–Kier alpha value is -0.610. The van der Waals surface area contributed by atoms with Gasteiger partial charge in [-0.1, -0.05) is 13.8 Å². The lowest BCUT2D eigenvalue weighted by Crippen LogP contribution is -2.41. The van der Waals surface area contributed by atoms with Crippen LogP contribution in [0.25, 0.3) is 0 Å². The summed E-state index contributed by atoms with van der Waals surface area (Å²) in [5.41, 5.74) is 5.75. The molecule has 0 amide bonds. The van der Waals surface area contributed by atoms with E-state index in [1.165, 1.54) is 0 Å². The lowest BCUT2D eigenvalue weighted by atomic mass is 10.2. The number of aliphatic imine (C=N–C) groups is 1. The van der Waals surface area contributed by atoms with Crippen molar-refractivity contribution in [1.82, 2.24) is 4.90 Å². The quantitative estimate of drug-likeness (QED) is 0.526. The largest absolute Gasteiger partial charge is 0.387 e. The molecule has 2 N–H and O–H groups in total. The van der Waals surface area contributed by atoms with E-state index in [0.29, 0.717) is 12.5 Å². The van der Waals surface area contributed by atoms with Crippen LogP contribution in [0.2, 0.25) is 0 Å². The van der Waals surface area contributed by atoms with Gasteiger partial charge in [0.2, 0.25) is 0 Å². The normalized spacial score (nSPS) is 25.7. The first-order chi connectivity index (χ1) is 6.59. The maximum absolute atomic E-state index is 5.75. The second kappa shape index (κ2) is 5.32. The Balaban J connectivity index is 2.33. The summed E-state index contributed by atoms with van der Waals surface area (Å²) < 4.78 is 5.57. The van der Waals surface area contributed by atoms with Crippen LogP contribution in [-0.2, 0) is 4.74 Å². The molecule has 1 aliphatic rings. The van der Waals surface area contributed by atoms with Crippen LogP contribution in [0.3, 0.4) is 0 Å². The molecule has 4 heteroatoms. The number of likely N-dealkylation sites (N-methyl/N-ethyl adjacent to an activating group) is 1. The first-order valence-corrected chi connectivity index (χ1v) is 5.19. The third-order valence-corrected chi connectivity index (χ3v) is 2.41. The van der Waals surface area contributed by atoms with Gasteiger partial charge in [0.15, 0.2) is 0 Å². The number of hydrogen-bond donors (Lipinski definition) is 1. The van der Waals surface area contributed by atoms with Crippen LogP contribution in [0.5, 0.6) is 0 Å². The van der Waals surface area contributed by atoms with Gasteiger partial charge in [0.05, 0.1) is 25.1 Å². The summed E-state index contributed by atoms with van der Waals surface area (Å²) in [5.74, 6) is 1.05. The first-order valence-electron chi connectivity index (χ1n) is 5.19. The molecule has 0 radical (unpaired) electrons. The molecule has 1 saturated heterocycles. The molecule has 0 bridgehead atoms. The van der Waals surface area contributed by atoms with E-state index >= 15 is 0 Å². The minimum atomic E-state index is 0.214. The highest BCUT2D eigenvalue weighted by Gasteiger charge is 2.17. The van der Waals surface area contributed by atoms with E-state index in [1.54, 1.807) is 0 Å². The summed E-state index contributed by atoms with van der Waals surface area (Å²) in [5, 5.41) is 0. The van der Waals surface area contributed by atoms with Gasteiger partial charge in [-0.2, -0.15) is 0 Å². The minimum absolute atomic E-state index is 0.214. The van der Waals surface area contributed by atoms with Gasteiger partial charge in [0.1, 0.15) is 0 Å². The molecule has 0 aliphatic carbocycles. The van der Waals surface area contributed by atoms with Crippen LogP contribution in [0.1, 0.15) is 13.8 Å². The molecule has 1 fully saturated rings. The molecular formula is C10H21N3O. The summed E-state index contributed by atoms with van der Waals surface area (Å²) in [6, 6.07) is 0. The van der Waals surface area contributed by atoms with Crippen molar-refractivity contribution >= 4 is 5.84 Å². The lowest BCUT2D eigenvalue weighted by molar-refractivity contribution is -0.0136. The molecule has 0 aromatic carbocycles. The van der Waals surface area contributed by atoms with Crippen molar-refractivity contribution in [3.8, 4) is 0 Å². The first kappa shape index (κ1) is 11.5. The molecule has 1 rings (SSSR count). The average Bonchev–Trinajstić information content (AvgIpc) is 2.14. The van der Waals surface area contributed by atoms with Gasteiger partial charge in [-0.25, -0.2) is 0 Å². The maximum Gasteiger partial charge on any atom is 0.0964 e. The van der Waals surface area contributed by atoms with Gasteiger partial charge in [0, 0.05) is 19.0 Å². The fourth-order valence-electron chi connectivity index (χ4n) is 1.37. The summed E-state index contributed by atoms with van der Waals surface area (Å²) in [6.45, 7) is 7.56. The van der Waals surface area contributed by atoms with E-state index in [-0.39, 0.29) is 6.10 Å². The highest BCUT2D eigenvalue weighted by molar-refractivity contribution is 5.82. The van der Waals surface area contributed by atoms with Gasteiger partial charge in [-0.15, -0.1) is 0 Å². The molecule has 82 valence electrons. The molecule has 4 nitrogen and oxygen atoms in total. The Morgan fingerprint density at radius 3 is 2.93 bits per heavy atom. The van der Waals surface area contributed by atoms with Crippen LogP contribution < -0.4 is 5.73 Å². The van der Waals surface area contributed by atoms with E-state index in [1.807, 2.05) is 13.8 Å². The lowest BCUT2D eigenvalue weighted by Gasteiger charge is -2.29. The fourth-order valence-corrected chi connectivity index (χ4v) is 1.37. The SMILES string of the molecule is CC(C)C(N)=NCC1CN(C)CCO1. The standard InChI is InChI=1S/C10H21N3O/c1-8(2)10(11)12-6-9-7-13(3)4-5-14-9/h8-9H,4-7H2,1-3H3,(H2,11,12). The summed E-state index contributed by atoms with van der Waals surface area (Å²) in [4.78, 5) is 6.58. The minimum Gasteiger partial charge on any atom is -0.387 e. The molecule has 0 aromatic rings. The third kappa shape index (κ3) is 3.64. The Kier molecular flexibility index (Phi) is 4.35. The van der Waals surface area contributed by atoms with Gasteiger partial charge in [-0.3, -0.25) is 4.99 Å². The van der Waals surface area contributed by atoms with E-state index < -0.39 is 0 Å². The summed E-state index contributed by atoms with van der Waals surface area (Å²) >= 11 is 0. The fraction of sp³-hybridized carbons (Fsp3) is 0.900. The second-order valence-electron chi connectivity index (χ2n) is 4.18. The molecule has 0 aromatic heterocycles. The van der Waals surface area contributed by atoms with Gasteiger partial charge in [-0.05, 0) is 7.05 Å². The van der Waals surface area contributed by atoms with Gasteiger partial charge < -0.3 is 15.4 Å². The Morgan fingerprint density at radius 1 is 1.64 bits per heavy atom. The topological polar surface area (TPSA) is 50.8 Å². The zero-order chi connectivity index (χ0) is 10.6. The van der Waals surface area contributed by atoms with Crippen LogP contribution >= 0.6 is 0 Å². The number of nitrogens with two attached hydrogens (primary N) is 1. The zero-order valence-electron chi connectivity index (χ0n) is 9.36. The van der Waals surface area contributed by atoms with Crippen molar-refractivity contribution in [3.05, 3.63) is 0 Å². The van der Waals surface area contributed by atoms with Gasteiger partial charge >= 0.3 is 0 Å². The Morgan fingerprint density at radius 2 is 2.36 bits per heavy atom. The zero-order valence-corrected chi connectivity index (χ0v) is 9.36. The molecule has 0 saturated carbocycles. The number of ether oxygens (including phenoxy) is 1. The number of morpholine rings is 1. The number of nitrogens with zero attached hydrogens (tertiary/aromatic N) is 2. The van der Waals surface area contributed by atoms with Crippen LogP contribution in [0.15, 0.2) is 4.99 Å². The van der Waals surface area contributed by atoms with Crippen LogP contribution in [0.4, 0.5) is 0 Å². The van der Waals surface area contributed by atoms with Crippen molar-refractivity contribution in [2.24, 2.45) is 16.6 Å². The Bertz CT molecular complexity index is 204. The molecule has 1 atom stereocenters. The predicted molar refractivity (Wildman–Crippen MR) is 58.6 cm³/mol. The highest BCUT2D eigenvalue weighted by atomic mass is 16.5. The average molecular weight is 199 g/mol. The third-order valence-electron chi connectivity index (χ3n) is 2.41. The van der Waals surface area contributed by atoms with Crippen molar-refractivity contribution in [2.45, 2.75) is 20.0 Å². The van der Waals surface area contributed by atoms with Crippen molar-refractivity contribution < 1.29 is 4.74 Å². The van der Waals surface area contributed by atoms with Crippen molar-refractivity contribution in [2.75, 3.05) is 33.3 Å². The van der Waals surface area contributed by atoms with Crippen molar-refractivity contribution in [3.63, 3.8) is 0 Å². The summed E-state index contributed by atoms with van der Waals surface area (Å²) in [7, 11) is 2.10. The smallest absolute Gasteiger partial charge is 0.0964 e. The van der Waals surface area contributed by atoms with Gasteiger partial charge in [0.25, 0.3) is 0 Å².